The molecule has 10 nitrogen and oxygen atoms in total. The number of ether oxygens (including phenoxy) is 3. The fourth-order valence-electron chi connectivity index (χ4n) is 4.03. The Morgan fingerprint density at radius 2 is 1.76 bits per heavy atom. The van der Waals surface area contributed by atoms with Gasteiger partial charge in [0.2, 0.25) is 5.91 Å². The topological polar surface area (TPSA) is 121 Å². The predicted octanol–water partition coefficient (Wildman–Crippen LogP) is 0.731. The molecule has 0 aliphatic carbocycles. The van der Waals surface area contributed by atoms with Gasteiger partial charge in [-0.25, -0.2) is 4.79 Å². The Hall–Kier alpha value is -2.85. The maximum absolute atomic E-state index is 13.2. The fourth-order valence-corrected chi connectivity index (χ4v) is 4.03. The van der Waals surface area contributed by atoms with Crippen LogP contribution in [-0.4, -0.2) is 91.3 Å². The Labute approximate surface area is 193 Å². The average Bonchev–Trinajstić information content (AvgIpc) is 3.60. The van der Waals surface area contributed by atoms with E-state index in [2.05, 4.69) is 10.2 Å². The largest absolute Gasteiger partial charge is 0.493 e. The first-order valence-corrected chi connectivity index (χ1v) is 11.1. The number of hydrogen-bond acceptors (Lipinski definition) is 7. The maximum atomic E-state index is 13.2. The summed E-state index contributed by atoms with van der Waals surface area (Å²) in [5, 5.41) is 11.7. The van der Waals surface area contributed by atoms with Crippen LogP contribution in [0.15, 0.2) is 18.2 Å². The minimum atomic E-state index is -1.17. The Morgan fingerprint density at radius 1 is 1.09 bits per heavy atom. The Balaban J connectivity index is 1.54. The minimum absolute atomic E-state index is 0.143. The summed E-state index contributed by atoms with van der Waals surface area (Å²) in [6, 6.07) is 5.13. The molecule has 2 heterocycles. The van der Waals surface area contributed by atoms with Crippen LogP contribution in [0.2, 0.25) is 0 Å². The number of carbonyl (C=O) groups excluding carboxylic acids is 2. The summed E-state index contributed by atoms with van der Waals surface area (Å²) < 4.78 is 15.6. The van der Waals surface area contributed by atoms with E-state index in [1.807, 2.05) is 32.0 Å². The summed E-state index contributed by atoms with van der Waals surface area (Å²) >= 11 is 0. The number of benzene rings is 1. The lowest BCUT2D eigenvalue weighted by atomic mass is 10.0. The number of amides is 2. The summed E-state index contributed by atoms with van der Waals surface area (Å²) in [4.78, 5) is 40.5. The molecule has 2 N–H and O–H groups in total. The smallest absolute Gasteiger partial charge is 0.336 e. The highest BCUT2D eigenvalue weighted by molar-refractivity contribution is 5.95. The number of nitrogens with zero attached hydrogens (tertiary/aromatic N) is 2. The van der Waals surface area contributed by atoms with E-state index < -0.39 is 30.1 Å². The van der Waals surface area contributed by atoms with Gasteiger partial charge in [-0.2, -0.15) is 0 Å². The predicted molar refractivity (Wildman–Crippen MR) is 119 cm³/mol. The summed E-state index contributed by atoms with van der Waals surface area (Å²) in [6.45, 7) is 7.18. The van der Waals surface area contributed by atoms with Crippen LogP contribution in [0.1, 0.15) is 25.8 Å². The zero-order chi connectivity index (χ0) is 24.1. The van der Waals surface area contributed by atoms with Crippen LogP contribution in [0, 0.1) is 5.92 Å². The molecule has 10 heteroatoms. The molecule has 2 aliphatic rings. The van der Waals surface area contributed by atoms with Gasteiger partial charge >= 0.3 is 5.97 Å². The lowest BCUT2D eigenvalue weighted by Crippen LogP contribution is -2.55. The molecule has 182 valence electrons. The number of carboxylic acids is 1. The van der Waals surface area contributed by atoms with Gasteiger partial charge < -0.3 is 29.5 Å². The van der Waals surface area contributed by atoms with E-state index in [4.69, 9.17) is 19.3 Å². The molecule has 1 aromatic rings. The zero-order valence-corrected chi connectivity index (χ0v) is 19.6. The first kappa shape index (κ1) is 24.8. The van der Waals surface area contributed by atoms with Gasteiger partial charge in [-0.15, -0.1) is 0 Å². The van der Waals surface area contributed by atoms with E-state index in [9.17, 15) is 14.4 Å². The lowest BCUT2D eigenvalue weighted by molar-refractivity contribution is -0.138. The number of hydrogen-bond donors (Lipinski definition) is 2. The lowest BCUT2D eigenvalue weighted by Gasteiger charge is -2.37. The number of carbonyl (C=O) groups is 3. The van der Waals surface area contributed by atoms with Crippen molar-refractivity contribution in [2.45, 2.75) is 45.1 Å². The fraction of sp³-hybridized carbons (Fsp3) is 0.609. The van der Waals surface area contributed by atoms with Crippen LogP contribution < -0.4 is 14.8 Å². The van der Waals surface area contributed by atoms with E-state index in [0.717, 1.165) is 12.1 Å². The number of carboxylic acid groups (broad SMARTS) is 1. The number of epoxide rings is 1. The molecule has 3 rings (SSSR count). The van der Waals surface area contributed by atoms with Crippen LogP contribution in [0.3, 0.4) is 0 Å². The number of nitrogens with one attached hydrogen (secondary N) is 1. The van der Waals surface area contributed by atoms with Crippen LogP contribution in [0.4, 0.5) is 0 Å². The second-order valence-electron chi connectivity index (χ2n) is 8.80. The van der Waals surface area contributed by atoms with Gasteiger partial charge in [-0.1, -0.05) is 19.9 Å². The van der Waals surface area contributed by atoms with Gasteiger partial charge in [0.05, 0.1) is 14.2 Å². The van der Waals surface area contributed by atoms with Crippen molar-refractivity contribution in [1.29, 1.82) is 0 Å². The van der Waals surface area contributed by atoms with Crippen molar-refractivity contribution >= 4 is 17.8 Å². The molecule has 2 aliphatic heterocycles. The highest BCUT2D eigenvalue weighted by Crippen LogP contribution is 2.28. The van der Waals surface area contributed by atoms with Gasteiger partial charge in [0.1, 0.15) is 6.04 Å². The molecule has 1 aromatic carbocycles. The molecule has 0 spiro atoms. The van der Waals surface area contributed by atoms with E-state index in [1.165, 1.54) is 0 Å². The number of rotatable bonds is 10. The standard InChI is InChI=1S/C23H33N3O7/c1-14(2)11-16(24-21(27)19-20(33-19)23(29)30)22(28)26-9-7-25(8-10-26)13-15-5-6-17(31-3)18(12-15)32-4/h5-6,12,14,16,19-20H,7-11,13H2,1-4H3,(H,24,27)(H,29,30). The molecule has 2 fully saturated rings. The summed E-state index contributed by atoms with van der Waals surface area (Å²) in [5.41, 5.74) is 1.09. The normalized spacial score (nSPS) is 21.4. The number of aliphatic carboxylic acids is 1. The minimum Gasteiger partial charge on any atom is -0.493 e. The zero-order valence-electron chi connectivity index (χ0n) is 19.6. The van der Waals surface area contributed by atoms with E-state index >= 15 is 0 Å². The van der Waals surface area contributed by atoms with Gasteiger partial charge in [0.25, 0.3) is 5.91 Å². The van der Waals surface area contributed by atoms with Crippen LogP contribution in [0.5, 0.6) is 11.5 Å². The summed E-state index contributed by atoms with van der Waals surface area (Å²) in [6.07, 6.45) is -1.68. The average molecular weight is 464 g/mol. The first-order chi connectivity index (χ1) is 15.7. The van der Waals surface area contributed by atoms with Crippen LogP contribution >= 0.6 is 0 Å². The number of methoxy groups -OCH3 is 2. The van der Waals surface area contributed by atoms with Crippen molar-refractivity contribution in [1.82, 2.24) is 15.1 Å². The van der Waals surface area contributed by atoms with E-state index in [1.54, 1.807) is 19.1 Å². The quantitative estimate of drug-likeness (QED) is 0.487. The number of piperazine rings is 1. The second kappa shape index (κ2) is 10.8. The second-order valence-corrected chi connectivity index (χ2v) is 8.80. The molecule has 3 atom stereocenters. The summed E-state index contributed by atoms with van der Waals surface area (Å²) in [7, 11) is 3.21. The van der Waals surface area contributed by atoms with Crippen molar-refractivity contribution < 1.29 is 33.7 Å². The molecule has 3 unspecified atom stereocenters. The third-order valence-electron chi connectivity index (χ3n) is 5.85. The third kappa shape index (κ3) is 6.35. The van der Waals surface area contributed by atoms with E-state index in [-0.39, 0.29) is 11.8 Å². The molecule has 0 radical (unpaired) electrons. The summed E-state index contributed by atoms with van der Waals surface area (Å²) in [5.74, 6) is -0.320. The Kier molecular flexibility index (Phi) is 8.15. The van der Waals surface area contributed by atoms with Crippen molar-refractivity contribution in [3.8, 4) is 11.5 Å². The van der Waals surface area contributed by atoms with Crippen molar-refractivity contribution in [2.75, 3.05) is 40.4 Å². The first-order valence-electron chi connectivity index (χ1n) is 11.1. The van der Waals surface area contributed by atoms with Crippen molar-refractivity contribution in [3.05, 3.63) is 23.8 Å². The van der Waals surface area contributed by atoms with Crippen molar-refractivity contribution in [3.63, 3.8) is 0 Å². The molecule has 2 saturated heterocycles. The molecule has 33 heavy (non-hydrogen) atoms. The van der Waals surface area contributed by atoms with Gasteiger partial charge in [-0.05, 0) is 30.0 Å². The maximum Gasteiger partial charge on any atom is 0.336 e. The molecule has 2 amide bonds. The SMILES string of the molecule is COc1ccc(CN2CCN(C(=O)C(CC(C)C)NC(=O)C3OC3C(=O)O)CC2)cc1OC. The van der Waals surface area contributed by atoms with Gasteiger partial charge in [0, 0.05) is 32.7 Å². The Bertz CT molecular complexity index is 868. The van der Waals surface area contributed by atoms with Gasteiger partial charge in [0.15, 0.2) is 23.7 Å². The Morgan fingerprint density at radius 3 is 2.30 bits per heavy atom. The van der Waals surface area contributed by atoms with E-state index in [0.29, 0.717) is 44.1 Å². The molecular weight excluding hydrogens is 430 g/mol. The molecule has 0 bridgehead atoms. The van der Waals surface area contributed by atoms with Crippen molar-refractivity contribution in [2.24, 2.45) is 5.92 Å². The van der Waals surface area contributed by atoms with Gasteiger partial charge in [-0.3, -0.25) is 14.5 Å². The third-order valence-corrected chi connectivity index (χ3v) is 5.85. The van der Waals surface area contributed by atoms with Crippen LogP contribution in [-0.2, 0) is 25.7 Å². The highest BCUT2D eigenvalue weighted by atomic mass is 16.6. The molecule has 0 saturated carbocycles. The monoisotopic (exact) mass is 463 g/mol. The van der Waals surface area contributed by atoms with Crippen LogP contribution in [0.25, 0.3) is 0 Å². The molecular formula is C23H33N3O7. The highest BCUT2D eigenvalue weighted by Gasteiger charge is 2.51. The molecule has 0 aromatic heterocycles.